The molecule has 3 nitrogen and oxygen atoms in total. The van der Waals surface area contributed by atoms with Gasteiger partial charge in [0.15, 0.2) is 5.82 Å². The van der Waals surface area contributed by atoms with E-state index in [1.165, 1.54) is 65.3 Å². The van der Waals surface area contributed by atoms with E-state index in [1.807, 2.05) is 0 Å². The third kappa shape index (κ3) is 5.98. The highest BCUT2D eigenvalue weighted by atomic mass is 15.0. The molecule has 3 heteroatoms. The Labute approximate surface area is 353 Å². The first-order valence-corrected chi connectivity index (χ1v) is 20.8. The number of aromatic nitrogens is 3. The molecule has 0 N–H and O–H groups in total. The van der Waals surface area contributed by atoms with Crippen molar-refractivity contribution in [2.45, 2.75) is 0 Å². The lowest BCUT2D eigenvalue weighted by molar-refractivity contribution is 1.16. The molecule has 12 rings (SSSR count). The minimum Gasteiger partial charge on any atom is -0.309 e. The van der Waals surface area contributed by atoms with Crippen molar-refractivity contribution in [3.63, 3.8) is 0 Å². The van der Waals surface area contributed by atoms with Crippen LogP contribution in [0, 0.1) is 0 Å². The van der Waals surface area contributed by atoms with Crippen LogP contribution in [0.15, 0.2) is 224 Å². The van der Waals surface area contributed by atoms with Crippen LogP contribution in [0.2, 0.25) is 0 Å². The van der Waals surface area contributed by atoms with Crippen LogP contribution in [-0.2, 0) is 0 Å². The summed E-state index contributed by atoms with van der Waals surface area (Å²) in [7, 11) is 0. The molecule has 0 atom stereocenters. The lowest BCUT2D eigenvalue weighted by atomic mass is 9.89. The van der Waals surface area contributed by atoms with Crippen LogP contribution in [0.1, 0.15) is 0 Å². The van der Waals surface area contributed by atoms with E-state index in [2.05, 4.69) is 229 Å². The Morgan fingerprint density at radius 1 is 0.279 bits per heavy atom. The fourth-order valence-corrected chi connectivity index (χ4v) is 9.28. The van der Waals surface area contributed by atoms with Gasteiger partial charge in [0.05, 0.1) is 22.4 Å². The molecule has 0 amide bonds. The molecule has 0 radical (unpaired) electrons. The number of rotatable bonds is 6. The lowest BCUT2D eigenvalue weighted by Crippen LogP contribution is -1.98. The summed E-state index contributed by atoms with van der Waals surface area (Å²) in [5.41, 5.74) is 12.9. The molecule has 0 aliphatic carbocycles. The predicted molar refractivity (Wildman–Crippen MR) is 256 cm³/mol. The standard InChI is InChI=1S/C58H37N3/c1-2-14-38(15-3-1)42-18-12-19-44(34-42)53-37-54(45-20-13-21-46(35-45)61-55-26-10-8-24-49(55)50-25-9-11-27-56(50)61)60-58(59-53)41-30-28-40(29-31-41)57-48-23-7-5-17-43(48)36-52-47-22-6-4-16-39(47)32-33-51(52)57/h1-37H. The Morgan fingerprint density at radius 2 is 0.836 bits per heavy atom. The molecule has 61 heavy (non-hydrogen) atoms. The average Bonchev–Trinajstić information content (AvgIpc) is 3.68. The summed E-state index contributed by atoms with van der Waals surface area (Å²) in [6.07, 6.45) is 0. The van der Waals surface area contributed by atoms with E-state index in [0.717, 1.165) is 44.9 Å². The molecule has 284 valence electrons. The molecule has 0 fully saturated rings. The maximum Gasteiger partial charge on any atom is 0.160 e. The van der Waals surface area contributed by atoms with Crippen LogP contribution >= 0.6 is 0 Å². The number of hydrogen-bond acceptors (Lipinski definition) is 2. The van der Waals surface area contributed by atoms with Gasteiger partial charge in [-0.05, 0) is 97.0 Å². The second-order valence-electron chi connectivity index (χ2n) is 15.8. The van der Waals surface area contributed by atoms with Crippen LogP contribution in [0.5, 0.6) is 0 Å². The zero-order valence-corrected chi connectivity index (χ0v) is 33.2. The second-order valence-corrected chi connectivity index (χ2v) is 15.8. The summed E-state index contributed by atoms with van der Waals surface area (Å²) in [6.45, 7) is 0. The van der Waals surface area contributed by atoms with Crippen molar-refractivity contribution in [1.82, 2.24) is 14.5 Å². The summed E-state index contributed by atoms with van der Waals surface area (Å²) >= 11 is 0. The normalized spacial score (nSPS) is 11.6. The Hall–Kier alpha value is -8.14. The SMILES string of the molecule is c1ccc(-c2cccc(-c3cc(-c4cccc(-n5c6ccccc6c6ccccc65)c4)nc(-c4ccc(-c5c6ccccc6cc6c5ccc5ccccc56)cc4)n3)c2)cc1. The number of hydrogen-bond donors (Lipinski definition) is 0. The first-order chi connectivity index (χ1) is 30.2. The fraction of sp³-hybridized carbons (Fsp3) is 0. The van der Waals surface area contributed by atoms with Crippen molar-refractivity contribution < 1.29 is 0 Å². The Balaban J connectivity index is 1.02. The van der Waals surface area contributed by atoms with Gasteiger partial charge < -0.3 is 4.57 Å². The third-order valence-electron chi connectivity index (χ3n) is 12.2. The molecule has 0 spiro atoms. The predicted octanol–water partition coefficient (Wildman–Crippen LogP) is 15.4. The third-order valence-corrected chi connectivity index (χ3v) is 12.2. The van der Waals surface area contributed by atoms with E-state index in [0.29, 0.717) is 5.82 Å². The molecule has 2 heterocycles. The van der Waals surface area contributed by atoms with Crippen molar-refractivity contribution in [3.05, 3.63) is 224 Å². The highest BCUT2D eigenvalue weighted by molar-refractivity contribution is 6.20. The molecule has 2 aromatic heterocycles. The molecule has 0 saturated heterocycles. The van der Waals surface area contributed by atoms with Gasteiger partial charge in [-0.15, -0.1) is 0 Å². The van der Waals surface area contributed by atoms with E-state index >= 15 is 0 Å². The van der Waals surface area contributed by atoms with Crippen molar-refractivity contribution in [3.8, 4) is 61.8 Å². The van der Waals surface area contributed by atoms with Crippen molar-refractivity contribution in [2.24, 2.45) is 0 Å². The van der Waals surface area contributed by atoms with E-state index in [-0.39, 0.29) is 0 Å². The molecule has 12 aromatic rings. The average molecular weight is 776 g/mol. The highest BCUT2D eigenvalue weighted by Crippen LogP contribution is 2.40. The van der Waals surface area contributed by atoms with Gasteiger partial charge in [-0.25, -0.2) is 9.97 Å². The Bertz CT molecular complexity index is 3580. The van der Waals surface area contributed by atoms with E-state index in [1.54, 1.807) is 0 Å². The lowest BCUT2D eigenvalue weighted by Gasteiger charge is -2.15. The van der Waals surface area contributed by atoms with E-state index < -0.39 is 0 Å². The van der Waals surface area contributed by atoms with Gasteiger partial charge in [-0.3, -0.25) is 0 Å². The smallest absolute Gasteiger partial charge is 0.160 e. The second kappa shape index (κ2) is 14.3. The summed E-state index contributed by atoms with van der Waals surface area (Å²) < 4.78 is 2.36. The van der Waals surface area contributed by atoms with Crippen LogP contribution in [-0.4, -0.2) is 14.5 Å². The minimum absolute atomic E-state index is 0.681. The largest absolute Gasteiger partial charge is 0.309 e. The van der Waals surface area contributed by atoms with Gasteiger partial charge in [0.2, 0.25) is 0 Å². The van der Waals surface area contributed by atoms with E-state index in [9.17, 15) is 0 Å². The zero-order valence-electron chi connectivity index (χ0n) is 33.2. The summed E-state index contributed by atoms with van der Waals surface area (Å²) in [5, 5.41) is 9.95. The molecule has 10 aromatic carbocycles. The van der Waals surface area contributed by atoms with Gasteiger partial charge in [-0.1, -0.05) is 182 Å². The van der Waals surface area contributed by atoms with Crippen molar-refractivity contribution in [2.75, 3.05) is 0 Å². The molecular formula is C58H37N3. The van der Waals surface area contributed by atoms with Crippen LogP contribution < -0.4 is 0 Å². The van der Waals surface area contributed by atoms with Gasteiger partial charge in [0.1, 0.15) is 0 Å². The molecule has 0 saturated carbocycles. The van der Waals surface area contributed by atoms with Gasteiger partial charge in [0.25, 0.3) is 0 Å². The summed E-state index contributed by atoms with van der Waals surface area (Å²) in [5.74, 6) is 0.681. The quantitative estimate of drug-likeness (QED) is 0.124. The number of fused-ring (bicyclic) bond motifs is 7. The van der Waals surface area contributed by atoms with Crippen molar-refractivity contribution >= 4 is 54.1 Å². The molecule has 0 aliphatic heterocycles. The first-order valence-electron chi connectivity index (χ1n) is 20.8. The number of para-hydroxylation sites is 2. The topological polar surface area (TPSA) is 30.7 Å². The molecular weight excluding hydrogens is 739 g/mol. The van der Waals surface area contributed by atoms with Gasteiger partial charge in [0, 0.05) is 33.2 Å². The fourth-order valence-electron chi connectivity index (χ4n) is 9.28. The van der Waals surface area contributed by atoms with Crippen molar-refractivity contribution in [1.29, 1.82) is 0 Å². The number of nitrogens with zero attached hydrogens (tertiary/aromatic N) is 3. The van der Waals surface area contributed by atoms with Crippen LogP contribution in [0.4, 0.5) is 0 Å². The monoisotopic (exact) mass is 775 g/mol. The maximum atomic E-state index is 5.34. The maximum absolute atomic E-state index is 5.34. The molecule has 0 unspecified atom stereocenters. The summed E-state index contributed by atoms with van der Waals surface area (Å²) in [4.78, 5) is 10.7. The van der Waals surface area contributed by atoms with Crippen LogP contribution in [0.3, 0.4) is 0 Å². The van der Waals surface area contributed by atoms with Crippen LogP contribution in [0.25, 0.3) is 116 Å². The molecule has 0 aliphatic rings. The minimum atomic E-state index is 0.681. The summed E-state index contributed by atoms with van der Waals surface area (Å²) in [6, 6.07) is 80.5. The van der Waals surface area contributed by atoms with Gasteiger partial charge in [-0.2, -0.15) is 0 Å². The first kappa shape index (κ1) is 34.9. The number of benzene rings is 10. The Kier molecular flexibility index (Phi) is 8.17. The van der Waals surface area contributed by atoms with Gasteiger partial charge >= 0.3 is 0 Å². The highest BCUT2D eigenvalue weighted by Gasteiger charge is 2.17. The molecule has 0 bridgehead atoms. The van der Waals surface area contributed by atoms with E-state index in [4.69, 9.17) is 9.97 Å². The Morgan fingerprint density at radius 3 is 1.57 bits per heavy atom. The zero-order chi connectivity index (χ0) is 40.3.